The molecule has 3 aromatic rings. The van der Waals surface area contributed by atoms with E-state index >= 15 is 0 Å². The Morgan fingerprint density at radius 2 is 1.00 bits per heavy atom. The van der Waals surface area contributed by atoms with Gasteiger partial charge in [0.05, 0.1) is 0 Å². The third kappa shape index (κ3) is 3.43. The number of hydrogen-bond donors (Lipinski definition) is 0. The van der Waals surface area contributed by atoms with E-state index in [2.05, 4.69) is 97.9 Å². The second-order valence-corrected chi connectivity index (χ2v) is 9.99. The average molecular weight is 336 g/mol. The van der Waals surface area contributed by atoms with Gasteiger partial charge >= 0.3 is 145 Å². The zero-order chi connectivity index (χ0) is 16.7. The van der Waals surface area contributed by atoms with Crippen LogP contribution in [0, 0.1) is 0 Å². The first-order chi connectivity index (χ1) is 11.9. The molecule has 3 aromatic carbocycles. The van der Waals surface area contributed by atoms with E-state index in [1.54, 1.807) is 0 Å². The van der Waals surface area contributed by atoms with Crippen molar-refractivity contribution in [2.45, 2.75) is 6.92 Å². The van der Waals surface area contributed by atoms with Crippen LogP contribution in [0.25, 0.3) is 0 Å². The Balaban J connectivity index is 2.20. The molecule has 0 aromatic heterocycles. The van der Waals surface area contributed by atoms with Gasteiger partial charge in [-0.2, -0.15) is 0 Å². The Hall–Kier alpha value is -1.95. The normalized spacial score (nSPS) is 12.0. The zero-order valence-corrected chi connectivity index (χ0v) is 15.2. The van der Waals surface area contributed by atoms with Crippen LogP contribution in [0.5, 0.6) is 0 Å². The van der Waals surface area contributed by atoms with Crippen molar-refractivity contribution in [3.63, 3.8) is 0 Å². The molecule has 124 valence electrons. The maximum atomic E-state index is 5.79. The molecule has 0 saturated carbocycles. The molecule has 0 aliphatic rings. The summed E-state index contributed by atoms with van der Waals surface area (Å²) in [6.07, 6.45) is 1.05. The number of ether oxygens (including phenoxy) is 1. The molecule has 0 saturated heterocycles. The molecule has 0 fully saturated rings. The molecule has 0 aliphatic carbocycles. The molecule has 24 heavy (non-hydrogen) atoms. The molecule has 2 heteroatoms. The van der Waals surface area contributed by atoms with Crippen molar-refractivity contribution in [1.82, 2.24) is 0 Å². The Bertz CT molecular complexity index is 629. The first kappa shape index (κ1) is 16.9. The van der Waals surface area contributed by atoms with Crippen molar-refractivity contribution < 1.29 is 4.74 Å². The summed E-state index contributed by atoms with van der Waals surface area (Å²) in [5, 5.41) is 4.34. The topological polar surface area (TPSA) is 9.23 Å². The van der Waals surface area contributed by atoms with Gasteiger partial charge in [-0.15, -0.1) is 0 Å². The molecule has 0 heterocycles. The van der Waals surface area contributed by atoms with Gasteiger partial charge in [-0.05, 0) is 0 Å². The molecule has 0 amide bonds. The van der Waals surface area contributed by atoms with E-state index in [4.69, 9.17) is 4.74 Å². The van der Waals surface area contributed by atoms with Crippen LogP contribution in [0.15, 0.2) is 91.0 Å². The van der Waals surface area contributed by atoms with E-state index in [-0.39, 0.29) is 0 Å². The molecule has 0 bridgehead atoms. The molecule has 0 unspecified atom stereocenters. The minimum atomic E-state index is -2.09. The number of benzene rings is 3. The van der Waals surface area contributed by atoms with Crippen molar-refractivity contribution in [2.24, 2.45) is 0 Å². The van der Waals surface area contributed by atoms with Crippen LogP contribution >= 0.6 is 7.26 Å². The van der Waals surface area contributed by atoms with E-state index in [1.807, 2.05) is 0 Å². The summed E-state index contributed by atoms with van der Waals surface area (Å²) >= 11 is 0. The fraction of sp³-hybridized carbons (Fsp3) is 0.182. The second-order valence-electron chi connectivity index (χ2n) is 5.95. The molecule has 3 rings (SSSR count). The Labute approximate surface area is 145 Å². The third-order valence-corrected chi connectivity index (χ3v) is 9.54. The summed E-state index contributed by atoms with van der Waals surface area (Å²) in [5.41, 5.74) is 0. The van der Waals surface area contributed by atoms with E-state index in [9.17, 15) is 0 Å². The Morgan fingerprint density at radius 1 is 0.625 bits per heavy atom. The molecule has 0 radical (unpaired) electrons. The van der Waals surface area contributed by atoms with Crippen molar-refractivity contribution in [3.05, 3.63) is 91.0 Å². The van der Waals surface area contributed by atoms with Crippen LogP contribution in [0.2, 0.25) is 0 Å². The van der Waals surface area contributed by atoms with Crippen LogP contribution in [-0.2, 0) is 4.74 Å². The van der Waals surface area contributed by atoms with Crippen LogP contribution < -0.4 is 15.9 Å². The van der Waals surface area contributed by atoms with Crippen molar-refractivity contribution >= 4 is 23.2 Å². The van der Waals surface area contributed by atoms with Gasteiger partial charge in [0.2, 0.25) is 0 Å². The minimum absolute atomic E-state index is 0.767. The van der Waals surface area contributed by atoms with E-state index in [1.165, 1.54) is 15.9 Å². The fourth-order valence-corrected chi connectivity index (χ4v) is 8.07. The first-order valence-electron chi connectivity index (χ1n) is 8.62. The quantitative estimate of drug-likeness (QED) is 0.472. The van der Waals surface area contributed by atoms with Gasteiger partial charge in [0.25, 0.3) is 0 Å². The molecule has 0 N–H and O–H groups in total. The third-order valence-electron chi connectivity index (χ3n) is 4.63. The maximum absolute atomic E-state index is 5.79. The van der Waals surface area contributed by atoms with Crippen LogP contribution in [0.4, 0.5) is 0 Å². The molecule has 0 spiro atoms. The Kier molecular flexibility index (Phi) is 5.80. The van der Waals surface area contributed by atoms with Crippen molar-refractivity contribution in [2.75, 3.05) is 19.4 Å². The van der Waals surface area contributed by atoms with Crippen molar-refractivity contribution in [1.29, 1.82) is 0 Å². The van der Waals surface area contributed by atoms with Crippen LogP contribution in [0.3, 0.4) is 0 Å². The van der Waals surface area contributed by atoms with Crippen molar-refractivity contribution in [3.8, 4) is 0 Å². The summed E-state index contributed by atoms with van der Waals surface area (Å²) < 4.78 is 5.79. The van der Waals surface area contributed by atoms with E-state index < -0.39 is 7.26 Å². The standard InChI is InChI=1S/C22H25OP/c1-2-23-18-19-24(20-12-6-3-7-13-20,21-14-8-4-9-15-21)22-16-10-5-11-17-22/h3-17,24H,2,18-19H2,1H3. The zero-order valence-electron chi connectivity index (χ0n) is 14.2. The molecule has 0 aliphatic heterocycles. The van der Waals surface area contributed by atoms with Gasteiger partial charge in [0.15, 0.2) is 0 Å². The molecular weight excluding hydrogens is 311 g/mol. The molecule has 0 atom stereocenters. The van der Waals surface area contributed by atoms with Gasteiger partial charge < -0.3 is 0 Å². The summed E-state index contributed by atoms with van der Waals surface area (Å²) in [6, 6.07) is 33.0. The second kappa shape index (κ2) is 8.24. The number of hydrogen-bond acceptors (Lipinski definition) is 1. The van der Waals surface area contributed by atoms with Gasteiger partial charge in [-0.1, -0.05) is 0 Å². The average Bonchev–Trinajstić information content (AvgIpc) is 2.68. The number of rotatable bonds is 7. The summed E-state index contributed by atoms with van der Waals surface area (Å²) in [5.74, 6) is 0. The predicted octanol–water partition coefficient (Wildman–Crippen LogP) is 3.75. The van der Waals surface area contributed by atoms with Crippen LogP contribution in [-0.4, -0.2) is 19.4 Å². The molecular formula is C22H25OP. The first-order valence-corrected chi connectivity index (χ1v) is 10.8. The van der Waals surface area contributed by atoms with Crippen LogP contribution in [0.1, 0.15) is 6.92 Å². The summed E-state index contributed by atoms with van der Waals surface area (Å²) in [7, 11) is -2.09. The van der Waals surface area contributed by atoms with Gasteiger partial charge in [0.1, 0.15) is 0 Å². The Morgan fingerprint density at radius 3 is 1.33 bits per heavy atom. The SMILES string of the molecule is CCOCC[PH](c1ccccc1)(c1ccccc1)c1ccccc1. The summed E-state index contributed by atoms with van der Waals surface area (Å²) in [6.45, 7) is 3.63. The molecule has 1 nitrogen and oxygen atoms in total. The monoisotopic (exact) mass is 336 g/mol. The van der Waals surface area contributed by atoms with Gasteiger partial charge in [-0.25, -0.2) is 0 Å². The summed E-state index contributed by atoms with van der Waals surface area (Å²) in [4.78, 5) is 0. The van der Waals surface area contributed by atoms with E-state index in [0.717, 1.165) is 19.4 Å². The van der Waals surface area contributed by atoms with E-state index in [0.29, 0.717) is 0 Å². The van der Waals surface area contributed by atoms with Gasteiger partial charge in [0, 0.05) is 0 Å². The van der Waals surface area contributed by atoms with Gasteiger partial charge in [-0.3, -0.25) is 0 Å². The fourth-order valence-electron chi connectivity index (χ4n) is 3.47. The predicted molar refractivity (Wildman–Crippen MR) is 108 cm³/mol.